The molecule has 0 radical (unpaired) electrons. The highest BCUT2D eigenvalue weighted by molar-refractivity contribution is 9.10. The normalized spacial score (nSPS) is 15.2. The van der Waals surface area contributed by atoms with Gasteiger partial charge in [0.25, 0.3) is 0 Å². The highest BCUT2D eigenvalue weighted by Crippen LogP contribution is 2.28. The Morgan fingerprint density at radius 1 is 1.50 bits per heavy atom. The Labute approximate surface area is 116 Å². The second kappa shape index (κ2) is 6.03. The van der Waals surface area contributed by atoms with E-state index in [9.17, 15) is 5.26 Å². The van der Waals surface area contributed by atoms with E-state index in [1.807, 2.05) is 18.2 Å². The molecule has 0 atom stereocenters. The quantitative estimate of drug-likeness (QED) is 0.805. The van der Waals surface area contributed by atoms with Gasteiger partial charge in [-0.2, -0.15) is 5.26 Å². The van der Waals surface area contributed by atoms with Gasteiger partial charge >= 0.3 is 0 Å². The number of benzene rings is 1. The zero-order valence-electron chi connectivity index (χ0n) is 10.3. The van der Waals surface area contributed by atoms with Crippen LogP contribution < -0.4 is 4.90 Å². The zero-order valence-corrected chi connectivity index (χ0v) is 11.9. The van der Waals surface area contributed by atoms with Gasteiger partial charge in [-0.25, -0.2) is 0 Å². The number of hydrogen-bond donors (Lipinski definition) is 0. The number of ether oxygens (including phenoxy) is 1. The molecule has 0 amide bonds. The average Bonchev–Trinajstić information content (AvgIpc) is 2.40. The van der Waals surface area contributed by atoms with Gasteiger partial charge in [0, 0.05) is 24.7 Å². The molecule has 1 heterocycles. The van der Waals surface area contributed by atoms with Crippen LogP contribution in [0.2, 0.25) is 0 Å². The highest BCUT2D eigenvalue weighted by atomic mass is 79.9. The van der Waals surface area contributed by atoms with Gasteiger partial charge in [0.05, 0.1) is 17.9 Å². The Balaban J connectivity index is 2.20. The summed E-state index contributed by atoms with van der Waals surface area (Å²) in [4.78, 5) is 2.22. The molecular formula is C14H15BrN2O. The number of nitrogens with zero attached hydrogens (tertiary/aromatic N) is 2. The third-order valence-corrected chi connectivity index (χ3v) is 3.74. The summed E-state index contributed by atoms with van der Waals surface area (Å²) in [5.41, 5.74) is 3.04. The van der Waals surface area contributed by atoms with Gasteiger partial charge in [-0.1, -0.05) is 12.1 Å². The molecule has 0 aromatic heterocycles. The highest BCUT2D eigenvalue weighted by Gasteiger charge is 2.16. The van der Waals surface area contributed by atoms with Crippen molar-refractivity contribution in [2.45, 2.75) is 6.42 Å². The Bertz CT molecular complexity index is 505. The molecule has 2 rings (SSSR count). The van der Waals surface area contributed by atoms with E-state index < -0.39 is 0 Å². The smallest absolute Gasteiger partial charge is 0.103 e. The number of rotatable bonds is 3. The van der Waals surface area contributed by atoms with Gasteiger partial charge in [-0.15, -0.1) is 0 Å². The van der Waals surface area contributed by atoms with Gasteiger partial charge in [0.15, 0.2) is 0 Å². The van der Waals surface area contributed by atoms with Gasteiger partial charge < -0.3 is 9.64 Å². The maximum absolute atomic E-state index is 9.22. The van der Waals surface area contributed by atoms with E-state index in [-0.39, 0.29) is 0 Å². The second-order valence-electron chi connectivity index (χ2n) is 4.24. The summed E-state index contributed by atoms with van der Waals surface area (Å²) in [5.74, 6) is 0. The fourth-order valence-corrected chi connectivity index (χ4v) is 2.58. The third-order valence-electron chi connectivity index (χ3n) is 3.08. The predicted octanol–water partition coefficient (Wildman–Crippen LogP) is 3.10. The van der Waals surface area contributed by atoms with E-state index in [1.165, 1.54) is 5.57 Å². The lowest BCUT2D eigenvalue weighted by atomic mass is 10.1. The maximum atomic E-state index is 9.22. The zero-order chi connectivity index (χ0) is 13.0. The number of nitriles is 1. The van der Waals surface area contributed by atoms with Crippen molar-refractivity contribution in [3.63, 3.8) is 0 Å². The molecule has 0 N–H and O–H groups in total. The van der Waals surface area contributed by atoms with E-state index in [1.54, 1.807) is 7.11 Å². The first-order valence-electron chi connectivity index (χ1n) is 5.86. The van der Waals surface area contributed by atoms with Crippen LogP contribution in [0.15, 0.2) is 34.3 Å². The molecule has 0 spiro atoms. The van der Waals surface area contributed by atoms with Crippen molar-refractivity contribution < 1.29 is 4.74 Å². The summed E-state index contributed by atoms with van der Waals surface area (Å²) in [5, 5.41) is 9.22. The summed E-state index contributed by atoms with van der Waals surface area (Å²) in [7, 11) is 1.72. The first kappa shape index (κ1) is 13.1. The average molecular weight is 307 g/mol. The van der Waals surface area contributed by atoms with Crippen molar-refractivity contribution in [2.75, 3.05) is 31.7 Å². The Kier molecular flexibility index (Phi) is 4.40. The van der Waals surface area contributed by atoms with Crippen molar-refractivity contribution >= 4 is 21.6 Å². The van der Waals surface area contributed by atoms with Crippen molar-refractivity contribution in [3.05, 3.63) is 39.9 Å². The lowest BCUT2D eigenvalue weighted by Gasteiger charge is -2.29. The van der Waals surface area contributed by atoms with Crippen LogP contribution in [-0.4, -0.2) is 26.8 Å². The number of anilines is 1. The van der Waals surface area contributed by atoms with Crippen LogP contribution in [0.25, 0.3) is 0 Å². The van der Waals surface area contributed by atoms with E-state index >= 15 is 0 Å². The van der Waals surface area contributed by atoms with Crippen molar-refractivity contribution in [1.82, 2.24) is 0 Å². The molecule has 3 nitrogen and oxygen atoms in total. The van der Waals surface area contributed by atoms with E-state index in [2.05, 4.69) is 33.0 Å². The van der Waals surface area contributed by atoms with Crippen molar-refractivity contribution in [2.24, 2.45) is 0 Å². The summed E-state index contributed by atoms with van der Waals surface area (Å²) in [6, 6.07) is 8.13. The van der Waals surface area contributed by atoms with Gasteiger partial charge in [-0.05, 0) is 40.1 Å². The molecular weight excluding hydrogens is 292 g/mol. The van der Waals surface area contributed by atoms with Gasteiger partial charge in [0.2, 0.25) is 0 Å². The SMILES string of the molecule is COCC1=CCN(c2cccc(Br)c2C#N)CC1. The van der Waals surface area contributed by atoms with Gasteiger partial charge in [-0.3, -0.25) is 0 Å². The number of hydrogen-bond acceptors (Lipinski definition) is 3. The van der Waals surface area contributed by atoms with Crippen LogP contribution in [0, 0.1) is 11.3 Å². The largest absolute Gasteiger partial charge is 0.380 e. The van der Waals surface area contributed by atoms with E-state index in [0.29, 0.717) is 12.2 Å². The lowest BCUT2D eigenvalue weighted by Crippen LogP contribution is -2.30. The van der Waals surface area contributed by atoms with Gasteiger partial charge in [0.1, 0.15) is 6.07 Å². The van der Waals surface area contributed by atoms with Crippen LogP contribution in [-0.2, 0) is 4.74 Å². The maximum Gasteiger partial charge on any atom is 0.103 e. The van der Waals surface area contributed by atoms with E-state index in [0.717, 1.165) is 29.7 Å². The summed E-state index contributed by atoms with van der Waals surface area (Å²) in [6.45, 7) is 2.47. The Morgan fingerprint density at radius 3 is 2.94 bits per heavy atom. The van der Waals surface area contributed by atoms with Crippen LogP contribution in [0.5, 0.6) is 0 Å². The number of halogens is 1. The fourth-order valence-electron chi connectivity index (χ4n) is 2.13. The molecule has 1 aromatic rings. The van der Waals surface area contributed by atoms with Crippen molar-refractivity contribution in [3.8, 4) is 6.07 Å². The van der Waals surface area contributed by atoms with E-state index in [4.69, 9.17) is 4.74 Å². The fraction of sp³-hybridized carbons (Fsp3) is 0.357. The van der Waals surface area contributed by atoms with Crippen LogP contribution in [0.1, 0.15) is 12.0 Å². The minimum atomic E-state index is 0.706. The molecule has 0 bridgehead atoms. The van der Waals surface area contributed by atoms with Crippen LogP contribution in [0.3, 0.4) is 0 Å². The molecule has 1 aliphatic heterocycles. The predicted molar refractivity (Wildman–Crippen MR) is 75.6 cm³/mol. The molecule has 0 saturated heterocycles. The lowest BCUT2D eigenvalue weighted by molar-refractivity contribution is 0.222. The summed E-state index contributed by atoms with van der Waals surface area (Å²) in [6.07, 6.45) is 3.18. The number of methoxy groups -OCH3 is 1. The Hall–Kier alpha value is -1.31. The molecule has 0 unspecified atom stereocenters. The minimum Gasteiger partial charge on any atom is -0.380 e. The molecule has 18 heavy (non-hydrogen) atoms. The molecule has 0 saturated carbocycles. The molecule has 94 valence electrons. The van der Waals surface area contributed by atoms with Crippen molar-refractivity contribution in [1.29, 1.82) is 5.26 Å². The standard InChI is InChI=1S/C14H15BrN2O/c1-18-10-11-5-7-17(8-6-11)14-4-2-3-13(15)12(14)9-16/h2-5H,6-8,10H2,1H3. The third kappa shape index (κ3) is 2.74. The second-order valence-corrected chi connectivity index (χ2v) is 5.09. The van der Waals surface area contributed by atoms with Crippen LogP contribution in [0.4, 0.5) is 5.69 Å². The first-order chi connectivity index (χ1) is 8.76. The molecule has 4 heteroatoms. The molecule has 0 fully saturated rings. The molecule has 1 aromatic carbocycles. The summed E-state index contributed by atoms with van der Waals surface area (Å²) >= 11 is 3.43. The minimum absolute atomic E-state index is 0.706. The molecule has 0 aliphatic carbocycles. The van der Waals surface area contributed by atoms with Crippen LogP contribution >= 0.6 is 15.9 Å². The summed E-state index contributed by atoms with van der Waals surface area (Å²) < 4.78 is 6.00. The monoisotopic (exact) mass is 306 g/mol. The molecule has 1 aliphatic rings. The topological polar surface area (TPSA) is 36.3 Å². The Morgan fingerprint density at radius 2 is 2.33 bits per heavy atom. The first-order valence-corrected chi connectivity index (χ1v) is 6.66.